The van der Waals surface area contributed by atoms with Crippen LogP contribution in [0.2, 0.25) is 0 Å². The molecule has 1 atom stereocenters. The number of piperidine rings is 1. The Morgan fingerprint density at radius 2 is 1.69 bits per heavy atom. The number of amides is 2. The van der Waals surface area contributed by atoms with Crippen molar-refractivity contribution in [2.75, 3.05) is 19.6 Å². The number of ether oxygens (including phenoxy) is 1. The first-order valence-corrected chi connectivity index (χ1v) is 15.6. The second-order valence-electron chi connectivity index (χ2n) is 11.1. The van der Waals surface area contributed by atoms with Crippen molar-refractivity contribution in [3.63, 3.8) is 0 Å². The molecule has 2 aliphatic heterocycles. The van der Waals surface area contributed by atoms with Crippen LogP contribution in [0.5, 0.6) is 0 Å². The number of rotatable bonds is 9. The lowest BCUT2D eigenvalue weighted by Gasteiger charge is -2.38. The summed E-state index contributed by atoms with van der Waals surface area (Å²) < 4.78 is 34.9. The van der Waals surface area contributed by atoms with Crippen LogP contribution in [0, 0.1) is 18.3 Å². The third-order valence-corrected chi connectivity index (χ3v) is 9.19. The SMILES string of the molecule is Cc1ccc(CS(=O)(=O)NC(Cc2ccccc2)C(=O)N2CCC3(CC2)CN(Cc2cccc(C#N)c2)C(=O)O3)cc1. The van der Waals surface area contributed by atoms with Gasteiger partial charge < -0.3 is 9.64 Å². The Labute approximate surface area is 246 Å². The highest BCUT2D eigenvalue weighted by atomic mass is 32.2. The highest BCUT2D eigenvalue weighted by molar-refractivity contribution is 7.88. The van der Waals surface area contributed by atoms with Gasteiger partial charge in [0.15, 0.2) is 0 Å². The maximum absolute atomic E-state index is 13.8. The van der Waals surface area contributed by atoms with Gasteiger partial charge in [-0.1, -0.05) is 72.3 Å². The van der Waals surface area contributed by atoms with E-state index in [9.17, 15) is 23.3 Å². The Morgan fingerprint density at radius 3 is 2.38 bits per heavy atom. The molecule has 1 spiro atoms. The van der Waals surface area contributed by atoms with E-state index in [1.165, 1.54) is 0 Å². The highest BCUT2D eigenvalue weighted by Gasteiger charge is 2.48. The molecular weight excluding hydrogens is 552 g/mol. The van der Waals surface area contributed by atoms with Gasteiger partial charge in [0.05, 0.1) is 23.9 Å². The molecule has 2 amide bonds. The standard InChI is InChI=1S/C32H34N4O5S/c1-24-10-12-26(13-11-24)22-42(39,40)34-29(19-25-6-3-2-4-7-25)30(37)35-16-14-32(15-17-35)23-36(31(38)41-32)21-28-9-5-8-27(18-28)20-33/h2-13,18,29,34H,14-17,19,21-23H2,1H3. The first-order valence-electron chi connectivity index (χ1n) is 14.0. The number of sulfonamides is 1. The van der Waals surface area contributed by atoms with E-state index in [4.69, 9.17) is 4.74 Å². The van der Waals surface area contributed by atoms with E-state index >= 15 is 0 Å². The number of benzene rings is 3. The summed E-state index contributed by atoms with van der Waals surface area (Å²) in [4.78, 5) is 29.8. The lowest BCUT2D eigenvalue weighted by Crippen LogP contribution is -2.55. The molecule has 0 bridgehead atoms. The fourth-order valence-corrected chi connectivity index (χ4v) is 6.91. The lowest BCUT2D eigenvalue weighted by atomic mass is 9.90. The van der Waals surface area contributed by atoms with Crippen molar-refractivity contribution >= 4 is 22.0 Å². The summed E-state index contributed by atoms with van der Waals surface area (Å²) in [7, 11) is -3.82. The maximum Gasteiger partial charge on any atom is 0.410 e. The van der Waals surface area contributed by atoms with Crippen LogP contribution < -0.4 is 4.72 Å². The Bertz CT molecular complexity index is 1580. The third kappa shape index (κ3) is 7.16. The number of carbonyl (C=O) groups excluding carboxylic acids is 2. The zero-order chi connectivity index (χ0) is 29.7. The molecule has 10 heteroatoms. The summed E-state index contributed by atoms with van der Waals surface area (Å²) in [6, 6.07) is 24.9. The molecule has 3 aromatic carbocycles. The molecular formula is C32H34N4O5S. The summed E-state index contributed by atoms with van der Waals surface area (Å²) in [5, 5.41) is 9.18. The van der Waals surface area contributed by atoms with E-state index in [0.29, 0.717) is 50.1 Å². The molecule has 0 saturated carbocycles. The molecule has 218 valence electrons. The van der Waals surface area contributed by atoms with Crippen LogP contribution in [0.25, 0.3) is 0 Å². The van der Waals surface area contributed by atoms with Crippen LogP contribution in [-0.4, -0.2) is 61.5 Å². The fraction of sp³-hybridized carbons (Fsp3) is 0.344. The summed E-state index contributed by atoms with van der Waals surface area (Å²) in [5.74, 6) is -0.520. The largest absolute Gasteiger partial charge is 0.441 e. The van der Waals surface area contributed by atoms with Crippen molar-refractivity contribution in [2.24, 2.45) is 0 Å². The molecule has 0 radical (unpaired) electrons. The van der Waals surface area contributed by atoms with Gasteiger partial charge in [0.25, 0.3) is 0 Å². The van der Waals surface area contributed by atoms with Gasteiger partial charge in [-0.05, 0) is 42.2 Å². The van der Waals surface area contributed by atoms with Crippen LogP contribution in [0.4, 0.5) is 4.79 Å². The maximum atomic E-state index is 13.8. The van der Waals surface area contributed by atoms with Crippen molar-refractivity contribution in [2.45, 2.75) is 50.1 Å². The predicted molar refractivity (Wildman–Crippen MR) is 157 cm³/mol. The van der Waals surface area contributed by atoms with Gasteiger partial charge in [-0.25, -0.2) is 17.9 Å². The van der Waals surface area contributed by atoms with Crippen LogP contribution in [0.15, 0.2) is 78.9 Å². The van der Waals surface area contributed by atoms with Gasteiger partial charge in [0, 0.05) is 32.5 Å². The Morgan fingerprint density at radius 1 is 1.00 bits per heavy atom. The summed E-state index contributed by atoms with van der Waals surface area (Å²) >= 11 is 0. The summed E-state index contributed by atoms with van der Waals surface area (Å²) in [5.41, 5.74) is 3.20. The minimum Gasteiger partial charge on any atom is -0.441 e. The number of hydrogen-bond acceptors (Lipinski definition) is 6. The quantitative estimate of drug-likeness (QED) is 0.406. The molecule has 5 rings (SSSR count). The van der Waals surface area contributed by atoms with E-state index < -0.39 is 27.8 Å². The second kappa shape index (κ2) is 12.3. The zero-order valence-electron chi connectivity index (χ0n) is 23.5. The van der Waals surface area contributed by atoms with Gasteiger partial charge >= 0.3 is 6.09 Å². The van der Waals surface area contributed by atoms with Crippen LogP contribution in [-0.2, 0) is 38.3 Å². The molecule has 3 aromatic rings. The molecule has 2 heterocycles. The number of carbonyl (C=O) groups is 2. The van der Waals surface area contributed by atoms with Gasteiger partial charge in [-0.15, -0.1) is 0 Å². The monoisotopic (exact) mass is 586 g/mol. The van der Waals surface area contributed by atoms with Gasteiger partial charge in [0.1, 0.15) is 11.6 Å². The molecule has 9 nitrogen and oxygen atoms in total. The molecule has 2 saturated heterocycles. The summed E-state index contributed by atoms with van der Waals surface area (Å²) in [6.45, 7) is 3.35. The number of nitrogens with zero attached hydrogens (tertiary/aromatic N) is 3. The van der Waals surface area contributed by atoms with Crippen molar-refractivity contribution in [1.82, 2.24) is 14.5 Å². The number of hydrogen-bond donors (Lipinski definition) is 1. The Kier molecular flexibility index (Phi) is 8.61. The number of likely N-dealkylation sites (tertiary alicyclic amines) is 1. The number of aryl methyl sites for hydroxylation is 1. The molecule has 2 aliphatic rings. The Hall–Kier alpha value is -4.20. The zero-order valence-corrected chi connectivity index (χ0v) is 24.3. The lowest BCUT2D eigenvalue weighted by molar-refractivity contribution is -0.136. The van der Waals surface area contributed by atoms with E-state index in [-0.39, 0.29) is 18.1 Å². The van der Waals surface area contributed by atoms with E-state index in [0.717, 1.165) is 16.7 Å². The minimum atomic E-state index is -3.82. The normalized spacial score (nSPS) is 17.1. The summed E-state index contributed by atoms with van der Waals surface area (Å²) in [6.07, 6.45) is 0.711. The smallest absolute Gasteiger partial charge is 0.410 e. The second-order valence-corrected chi connectivity index (χ2v) is 12.9. The highest BCUT2D eigenvalue weighted by Crippen LogP contribution is 2.34. The molecule has 2 fully saturated rings. The van der Waals surface area contributed by atoms with Gasteiger partial charge in [-0.3, -0.25) is 9.69 Å². The third-order valence-electron chi connectivity index (χ3n) is 7.84. The topological polar surface area (TPSA) is 120 Å². The molecule has 1 unspecified atom stereocenters. The van der Waals surface area contributed by atoms with Crippen LogP contribution >= 0.6 is 0 Å². The Balaban J connectivity index is 1.25. The van der Waals surface area contributed by atoms with E-state index in [1.54, 1.807) is 40.1 Å². The predicted octanol–water partition coefficient (Wildman–Crippen LogP) is 3.91. The average molecular weight is 587 g/mol. The first kappa shape index (κ1) is 29.3. The fourth-order valence-electron chi connectivity index (χ4n) is 5.58. The number of nitrogens with one attached hydrogen (secondary N) is 1. The molecule has 42 heavy (non-hydrogen) atoms. The molecule has 0 aliphatic carbocycles. The van der Waals surface area contributed by atoms with E-state index in [2.05, 4.69) is 10.8 Å². The van der Waals surface area contributed by atoms with Crippen molar-refractivity contribution in [1.29, 1.82) is 5.26 Å². The van der Waals surface area contributed by atoms with Crippen LogP contribution in [0.3, 0.4) is 0 Å². The first-order chi connectivity index (χ1) is 20.1. The molecule has 0 aromatic heterocycles. The average Bonchev–Trinajstić information content (AvgIpc) is 3.27. The van der Waals surface area contributed by atoms with Crippen molar-refractivity contribution < 1.29 is 22.7 Å². The van der Waals surface area contributed by atoms with Crippen molar-refractivity contribution in [3.8, 4) is 6.07 Å². The van der Waals surface area contributed by atoms with Crippen molar-refractivity contribution in [3.05, 3.63) is 107 Å². The van der Waals surface area contributed by atoms with E-state index in [1.807, 2.05) is 55.5 Å². The van der Waals surface area contributed by atoms with Crippen LogP contribution in [0.1, 0.15) is 40.7 Å². The van der Waals surface area contributed by atoms with Gasteiger partial charge in [0.2, 0.25) is 15.9 Å². The van der Waals surface area contributed by atoms with Gasteiger partial charge in [-0.2, -0.15) is 5.26 Å². The minimum absolute atomic E-state index is 0.221. The number of nitriles is 1. The molecule has 1 N–H and O–H groups in total.